The Kier molecular flexibility index (Phi) is 36.2. The normalized spacial score (nSPS) is 12.2. The SMILES string of the molecule is CCCCCCCCCCCCCCCCCCCCCC(=O)OC(CCCCCCCC)CCCCCCCCC. The van der Waals surface area contributed by atoms with Crippen molar-refractivity contribution in [3.63, 3.8) is 0 Å². The number of carbonyl (C=O) groups is 1. The van der Waals surface area contributed by atoms with E-state index in [1.807, 2.05) is 0 Å². The van der Waals surface area contributed by atoms with Gasteiger partial charge < -0.3 is 4.74 Å². The Morgan fingerprint density at radius 1 is 0.357 bits per heavy atom. The molecule has 0 aromatic heterocycles. The smallest absolute Gasteiger partial charge is 0.306 e. The molecule has 252 valence electrons. The van der Waals surface area contributed by atoms with Crippen molar-refractivity contribution in [1.29, 1.82) is 0 Å². The Balaban J connectivity index is 3.70. The molecule has 0 saturated heterocycles. The van der Waals surface area contributed by atoms with Gasteiger partial charge in [-0.3, -0.25) is 4.79 Å². The summed E-state index contributed by atoms with van der Waals surface area (Å²) in [4.78, 5) is 12.6. The van der Waals surface area contributed by atoms with Gasteiger partial charge in [0.25, 0.3) is 0 Å². The van der Waals surface area contributed by atoms with Crippen LogP contribution in [0.1, 0.15) is 245 Å². The van der Waals surface area contributed by atoms with Gasteiger partial charge >= 0.3 is 5.97 Å². The lowest BCUT2D eigenvalue weighted by Gasteiger charge is -2.18. The Bertz CT molecular complexity index is 502. The molecule has 0 bridgehead atoms. The molecule has 2 heteroatoms. The van der Waals surface area contributed by atoms with Crippen LogP contribution in [-0.2, 0) is 9.53 Å². The molecule has 0 amide bonds. The molecule has 0 aliphatic heterocycles. The standard InChI is InChI=1S/C40H80O2/c1-4-7-10-13-16-17-18-19-20-21-22-23-24-25-26-27-29-32-35-38-40(41)42-39(36-33-30-15-12-9-6-3)37-34-31-28-14-11-8-5-2/h39H,4-38H2,1-3H3. The van der Waals surface area contributed by atoms with E-state index in [2.05, 4.69) is 20.8 Å². The molecule has 0 aromatic rings. The van der Waals surface area contributed by atoms with Gasteiger partial charge in [-0.05, 0) is 32.1 Å². The van der Waals surface area contributed by atoms with Crippen molar-refractivity contribution in [1.82, 2.24) is 0 Å². The fourth-order valence-electron chi connectivity index (χ4n) is 6.34. The predicted molar refractivity (Wildman–Crippen MR) is 188 cm³/mol. The molecule has 0 N–H and O–H groups in total. The second-order valence-electron chi connectivity index (χ2n) is 13.7. The van der Waals surface area contributed by atoms with Crippen LogP contribution in [0, 0.1) is 0 Å². The number of ether oxygens (including phenoxy) is 1. The first kappa shape index (κ1) is 41.5. The van der Waals surface area contributed by atoms with Gasteiger partial charge in [0.15, 0.2) is 0 Å². The van der Waals surface area contributed by atoms with E-state index in [9.17, 15) is 4.79 Å². The van der Waals surface area contributed by atoms with Crippen LogP contribution >= 0.6 is 0 Å². The lowest BCUT2D eigenvalue weighted by molar-refractivity contribution is -0.150. The monoisotopic (exact) mass is 593 g/mol. The molecule has 0 fully saturated rings. The molecule has 0 heterocycles. The van der Waals surface area contributed by atoms with Crippen molar-refractivity contribution in [2.75, 3.05) is 0 Å². The molecule has 0 aromatic carbocycles. The highest BCUT2D eigenvalue weighted by atomic mass is 16.5. The van der Waals surface area contributed by atoms with E-state index < -0.39 is 0 Å². The maximum Gasteiger partial charge on any atom is 0.306 e. The van der Waals surface area contributed by atoms with Crippen molar-refractivity contribution in [3.05, 3.63) is 0 Å². The lowest BCUT2D eigenvalue weighted by atomic mass is 10.0. The van der Waals surface area contributed by atoms with Gasteiger partial charge in [0.05, 0.1) is 0 Å². The average Bonchev–Trinajstić information content (AvgIpc) is 2.99. The van der Waals surface area contributed by atoms with Crippen LogP contribution in [0.5, 0.6) is 0 Å². The first-order chi connectivity index (χ1) is 20.7. The average molecular weight is 593 g/mol. The summed E-state index contributed by atoms with van der Waals surface area (Å²) in [7, 11) is 0. The van der Waals surface area contributed by atoms with Gasteiger partial charge in [0.2, 0.25) is 0 Å². The van der Waals surface area contributed by atoms with Crippen LogP contribution in [0.4, 0.5) is 0 Å². The highest BCUT2D eigenvalue weighted by molar-refractivity contribution is 5.69. The number of hydrogen-bond acceptors (Lipinski definition) is 2. The van der Waals surface area contributed by atoms with Gasteiger partial charge in [-0.2, -0.15) is 0 Å². The zero-order chi connectivity index (χ0) is 30.6. The molecule has 0 rings (SSSR count). The van der Waals surface area contributed by atoms with Crippen LogP contribution in [0.2, 0.25) is 0 Å². The largest absolute Gasteiger partial charge is 0.462 e. The lowest BCUT2D eigenvalue weighted by Crippen LogP contribution is -2.18. The van der Waals surface area contributed by atoms with Crippen molar-refractivity contribution < 1.29 is 9.53 Å². The first-order valence-electron chi connectivity index (χ1n) is 19.9. The molecule has 1 atom stereocenters. The van der Waals surface area contributed by atoms with Crippen molar-refractivity contribution in [2.24, 2.45) is 0 Å². The van der Waals surface area contributed by atoms with Crippen LogP contribution in [0.25, 0.3) is 0 Å². The fraction of sp³-hybridized carbons (Fsp3) is 0.975. The summed E-state index contributed by atoms with van der Waals surface area (Å²) in [5.74, 6) is 0.0703. The second-order valence-corrected chi connectivity index (χ2v) is 13.7. The summed E-state index contributed by atoms with van der Waals surface area (Å²) in [5, 5.41) is 0. The third kappa shape index (κ3) is 34.0. The number of hydrogen-bond donors (Lipinski definition) is 0. The number of esters is 1. The molecule has 0 spiro atoms. The molecular weight excluding hydrogens is 512 g/mol. The number of unbranched alkanes of at least 4 members (excludes halogenated alkanes) is 29. The molecule has 0 radical (unpaired) electrons. The third-order valence-electron chi connectivity index (χ3n) is 9.29. The highest BCUT2D eigenvalue weighted by Gasteiger charge is 2.14. The van der Waals surface area contributed by atoms with E-state index in [1.165, 1.54) is 199 Å². The van der Waals surface area contributed by atoms with Crippen LogP contribution < -0.4 is 0 Å². The van der Waals surface area contributed by atoms with Gasteiger partial charge in [0.1, 0.15) is 6.10 Å². The quantitative estimate of drug-likeness (QED) is 0.0534. The highest BCUT2D eigenvalue weighted by Crippen LogP contribution is 2.19. The van der Waals surface area contributed by atoms with E-state index in [4.69, 9.17) is 4.74 Å². The zero-order valence-corrected chi connectivity index (χ0v) is 29.6. The van der Waals surface area contributed by atoms with E-state index in [0.29, 0.717) is 6.42 Å². The minimum absolute atomic E-state index is 0.0703. The number of carbonyl (C=O) groups excluding carboxylic acids is 1. The second kappa shape index (κ2) is 36.7. The van der Waals surface area contributed by atoms with Gasteiger partial charge in [0, 0.05) is 6.42 Å². The minimum Gasteiger partial charge on any atom is -0.462 e. The summed E-state index contributed by atoms with van der Waals surface area (Å²) in [6.07, 6.45) is 46.5. The predicted octanol–water partition coefficient (Wildman–Crippen LogP) is 14.6. The zero-order valence-electron chi connectivity index (χ0n) is 29.6. The van der Waals surface area contributed by atoms with Crippen molar-refractivity contribution in [2.45, 2.75) is 252 Å². The molecular formula is C40H80O2. The summed E-state index contributed by atoms with van der Waals surface area (Å²) in [5.41, 5.74) is 0. The molecule has 0 aliphatic rings. The van der Waals surface area contributed by atoms with Crippen LogP contribution in [0.15, 0.2) is 0 Å². The third-order valence-corrected chi connectivity index (χ3v) is 9.29. The summed E-state index contributed by atoms with van der Waals surface area (Å²) in [6, 6.07) is 0. The molecule has 0 saturated carbocycles. The van der Waals surface area contributed by atoms with Gasteiger partial charge in [-0.1, -0.05) is 207 Å². The topological polar surface area (TPSA) is 26.3 Å². The van der Waals surface area contributed by atoms with Crippen LogP contribution in [-0.4, -0.2) is 12.1 Å². The van der Waals surface area contributed by atoms with Crippen molar-refractivity contribution >= 4 is 5.97 Å². The van der Waals surface area contributed by atoms with Crippen molar-refractivity contribution in [3.8, 4) is 0 Å². The summed E-state index contributed by atoms with van der Waals surface area (Å²) >= 11 is 0. The summed E-state index contributed by atoms with van der Waals surface area (Å²) in [6.45, 7) is 6.86. The van der Waals surface area contributed by atoms with Gasteiger partial charge in [-0.25, -0.2) is 0 Å². The van der Waals surface area contributed by atoms with E-state index >= 15 is 0 Å². The Hall–Kier alpha value is -0.530. The maximum atomic E-state index is 12.6. The van der Waals surface area contributed by atoms with E-state index in [0.717, 1.165) is 19.3 Å². The molecule has 0 aliphatic carbocycles. The molecule has 1 unspecified atom stereocenters. The Morgan fingerprint density at radius 3 is 0.881 bits per heavy atom. The molecule has 2 nitrogen and oxygen atoms in total. The maximum absolute atomic E-state index is 12.6. The number of rotatable bonds is 36. The minimum atomic E-state index is 0.0703. The van der Waals surface area contributed by atoms with Gasteiger partial charge in [-0.15, -0.1) is 0 Å². The van der Waals surface area contributed by atoms with E-state index in [-0.39, 0.29) is 12.1 Å². The summed E-state index contributed by atoms with van der Waals surface area (Å²) < 4.78 is 6.02. The Labute approximate surface area is 266 Å². The fourth-order valence-corrected chi connectivity index (χ4v) is 6.34. The van der Waals surface area contributed by atoms with E-state index in [1.54, 1.807) is 0 Å². The van der Waals surface area contributed by atoms with Crippen LogP contribution in [0.3, 0.4) is 0 Å². The Morgan fingerprint density at radius 2 is 0.595 bits per heavy atom. The first-order valence-corrected chi connectivity index (χ1v) is 19.9. The molecule has 42 heavy (non-hydrogen) atoms.